The zero-order chi connectivity index (χ0) is 19.2. The Labute approximate surface area is 153 Å². The molecule has 0 aliphatic carbocycles. The van der Waals surface area contributed by atoms with E-state index >= 15 is 0 Å². The van der Waals surface area contributed by atoms with Crippen LogP contribution in [0.1, 0.15) is 22.3 Å². The van der Waals surface area contributed by atoms with Gasteiger partial charge in [-0.15, -0.1) is 0 Å². The maximum atomic E-state index is 13.1. The Balaban J connectivity index is 2.15. The van der Waals surface area contributed by atoms with Gasteiger partial charge >= 0.3 is 6.18 Å². The number of halogens is 4. The third-order valence-electron chi connectivity index (χ3n) is 3.38. The van der Waals surface area contributed by atoms with Crippen molar-refractivity contribution in [2.24, 2.45) is 0 Å². The molecule has 2 N–H and O–H groups in total. The molecule has 0 radical (unpaired) electrons. The van der Waals surface area contributed by atoms with E-state index in [0.29, 0.717) is 19.6 Å². The molecule has 0 aliphatic rings. The number of carbonyl (C=O) groups is 1. The molecule has 0 fully saturated rings. The lowest BCUT2D eigenvalue weighted by Crippen LogP contribution is -2.25. The SMILES string of the molecule is COCCCNC(=O)c1ccnc(Nc2ccc(Cl)cc2C(F)(F)F)c1. The third-order valence-corrected chi connectivity index (χ3v) is 3.62. The van der Waals surface area contributed by atoms with Crippen molar-refractivity contribution in [2.75, 3.05) is 25.6 Å². The van der Waals surface area contributed by atoms with Gasteiger partial charge in [-0.1, -0.05) is 11.6 Å². The average molecular weight is 388 g/mol. The molecule has 0 spiro atoms. The molecule has 26 heavy (non-hydrogen) atoms. The Morgan fingerprint density at radius 2 is 2.04 bits per heavy atom. The zero-order valence-corrected chi connectivity index (χ0v) is 14.6. The highest BCUT2D eigenvalue weighted by Gasteiger charge is 2.34. The number of anilines is 2. The fourth-order valence-electron chi connectivity index (χ4n) is 2.16. The highest BCUT2D eigenvalue weighted by molar-refractivity contribution is 6.30. The highest BCUT2D eigenvalue weighted by Crippen LogP contribution is 2.37. The largest absolute Gasteiger partial charge is 0.418 e. The second-order valence-electron chi connectivity index (χ2n) is 5.34. The number of amides is 1. The molecule has 0 saturated carbocycles. The van der Waals surface area contributed by atoms with Gasteiger partial charge in [0.05, 0.1) is 11.3 Å². The van der Waals surface area contributed by atoms with Crippen LogP contribution in [0.5, 0.6) is 0 Å². The van der Waals surface area contributed by atoms with Gasteiger partial charge in [0.25, 0.3) is 5.91 Å². The third kappa shape index (κ3) is 5.60. The number of rotatable bonds is 7. The summed E-state index contributed by atoms with van der Waals surface area (Å²) in [5.74, 6) is -0.235. The molecule has 0 saturated heterocycles. The van der Waals surface area contributed by atoms with Crippen LogP contribution in [0.2, 0.25) is 5.02 Å². The molecule has 5 nitrogen and oxygen atoms in total. The van der Waals surface area contributed by atoms with Crippen LogP contribution < -0.4 is 10.6 Å². The number of alkyl halides is 3. The van der Waals surface area contributed by atoms with E-state index in [1.54, 1.807) is 7.11 Å². The van der Waals surface area contributed by atoms with E-state index in [2.05, 4.69) is 15.6 Å². The summed E-state index contributed by atoms with van der Waals surface area (Å²) in [6, 6.07) is 6.23. The van der Waals surface area contributed by atoms with Crippen molar-refractivity contribution < 1.29 is 22.7 Å². The molecular weight excluding hydrogens is 371 g/mol. The topological polar surface area (TPSA) is 63.2 Å². The first-order valence-electron chi connectivity index (χ1n) is 7.68. The number of methoxy groups -OCH3 is 1. The summed E-state index contributed by atoms with van der Waals surface area (Å²) >= 11 is 5.66. The standard InChI is InChI=1S/C17H17ClF3N3O2/c1-26-8-2-6-23-16(25)11-5-7-22-15(9-11)24-14-4-3-12(18)10-13(14)17(19,20)21/h3-5,7,9-10H,2,6,8H2,1H3,(H,22,24)(H,23,25). The number of benzene rings is 1. The molecule has 1 amide bonds. The highest BCUT2D eigenvalue weighted by atomic mass is 35.5. The summed E-state index contributed by atoms with van der Waals surface area (Å²) in [5.41, 5.74) is -0.837. The lowest BCUT2D eigenvalue weighted by Gasteiger charge is -2.15. The lowest BCUT2D eigenvalue weighted by atomic mass is 10.1. The number of nitrogens with zero attached hydrogens (tertiary/aromatic N) is 1. The van der Waals surface area contributed by atoms with Gasteiger partial charge in [-0.05, 0) is 36.8 Å². The van der Waals surface area contributed by atoms with Gasteiger partial charge in [0.1, 0.15) is 5.82 Å². The molecule has 1 heterocycles. The maximum Gasteiger partial charge on any atom is 0.418 e. The Bertz CT molecular complexity index is 769. The molecule has 2 rings (SSSR count). The van der Waals surface area contributed by atoms with Gasteiger partial charge in [0.15, 0.2) is 0 Å². The molecule has 0 unspecified atom stereocenters. The van der Waals surface area contributed by atoms with Crippen LogP contribution in [-0.4, -0.2) is 31.2 Å². The van der Waals surface area contributed by atoms with Crippen molar-refractivity contribution in [1.29, 1.82) is 0 Å². The number of hydrogen-bond acceptors (Lipinski definition) is 4. The van der Waals surface area contributed by atoms with Crippen molar-refractivity contribution in [1.82, 2.24) is 10.3 Å². The van der Waals surface area contributed by atoms with Crippen LogP contribution >= 0.6 is 11.6 Å². The van der Waals surface area contributed by atoms with Gasteiger partial charge in [-0.25, -0.2) is 4.98 Å². The van der Waals surface area contributed by atoms with Crippen LogP contribution in [0.3, 0.4) is 0 Å². The van der Waals surface area contributed by atoms with Gasteiger partial charge in [-0.2, -0.15) is 13.2 Å². The summed E-state index contributed by atoms with van der Waals surface area (Å²) in [5, 5.41) is 5.26. The maximum absolute atomic E-state index is 13.1. The van der Waals surface area contributed by atoms with Gasteiger partial charge in [-0.3, -0.25) is 4.79 Å². The molecule has 140 valence electrons. The summed E-state index contributed by atoms with van der Waals surface area (Å²) < 4.78 is 44.3. The molecule has 1 aromatic carbocycles. The molecule has 0 aliphatic heterocycles. The fraction of sp³-hybridized carbons (Fsp3) is 0.294. The van der Waals surface area contributed by atoms with E-state index in [9.17, 15) is 18.0 Å². The van der Waals surface area contributed by atoms with E-state index < -0.39 is 11.7 Å². The summed E-state index contributed by atoms with van der Waals surface area (Å²) in [4.78, 5) is 16.0. The number of ether oxygens (including phenoxy) is 1. The second kappa shape index (κ2) is 8.86. The Morgan fingerprint density at radius 1 is 1.27 bits per heavy atom. The number of aromatic nitrogens is 1. The first kappa shape index (κ1) is 20.0. The number of nitrogens with one attached hydrogen (secondary N) is 2. The van der Waals surface area contributed by atoms with E-state index in [1.165, 1.54) is 30.5 Å². The van der Waals surface area contributed by atoms with Crippen molar-refractivity contribution in [3.05, 3.63) is 52.7 Å². The monoisotopic (exact) mass is 387 g/mol. The minimum absolute atomic E-state index is 0.0278. The summed E-state index contributed by atoms with van der Waals surface area (Å²) in [6.45, 7) is 0.938. The normalized spacial score (nSPS) is 11.3. The predicted molar refractivity (Wildman–Crippen MR) is 92.8 cm³/mol. The first-order chi connectivity index (χ1) is 12.3. The van der Waals surface area contributed by atoms with Crippen molar-refractivity contribution in [2.45, 2.75) is 12.6 Å². The van der Waals surface area contributed by atoms with E-state index in [4.69, 9.17) is 16.3 Å². The Kier molecular flexibility index (Phi) is 6.82. The van der Waals surface area contributed by atoms with Gasteiger partial charge < -0.3 is 15.4 Å². The van der Waals surface area contributed by atoms with E-state index in [0.717, 1.165) is 6.07 Å². The average Bonchev–Trinajstić information content (AvgIpc) is 2.59. The van der Waals surface area contributed by atoms with Crippen molar-refractivity contribution in [3.63, 3.8) is 0 Å². The predicted octanol–water partition coefficient (Wildman–Crippen LogP) is 4.26. The fourth-order valence-corrected chi connectivity index (χ4v) is 2.33. The van der Waals surface area contributed by atoms with Crippen LogP contribution in [0.15, 0.2) is 36.5 Å². The minimum Gasteiger partial charge on any atom is -0.385 e. The van der Waals surface area contributed by atoms with Gasteiger partial charge in [0.2, 0.25) is 0 Å². The Hall–Kier alpha value is -2.32. The molecule has 1 aromatic heterocycles. The smallest absolute Gasteiger partial charge is 0.385 e. The first-order valence-corrected chi connectivity index (χ1v) is 8.06. The van der Waals surface area contributed by atoms with E-state index in [-0.39, 0.29) is 28.0 Å². The molecular formula is C17H17ClF3N3O2. The quantitative estimate of drug-likeness (QED) is 0.697. The lowest BCUT2D eigenvalue weighted by molar-refractivity contribution is -0.136. The number of hydrogen-bond donors (Lipinski definition) is 2. The van der Waals surface area contributed by atoms with Crippen molar-refractivity contribution >= 4 is 29.0 Å². The second-order valence-corrected chi connectivity index (χ2v) is 5.78. The number of carbonyl (C=O) groups excluding carboxylic acids is 1. The molecule has 0 bridgehead atoms. The molecule has 2 aromatic rings. The van der Waals surface area contributed by atoms with E-state index in [1.807, 2.05) is 0 Å². The van der Waals surface area contributed by atoms with Crippen LogP contribution in [0.4, 0.5) is 24.7 Å². The minimum atomic E-state index is -4.58. The number of pyridine rings is 1. The van der Waals surface area contributed by atoms with Crippen LogP contribution in [0.25, 0.3) is 0 Å². The van der Waals surface area contributed by atoms with Crippen LogP contribution in [-0.2, 0) is 10.9 Å². The molecule has 0 atom stereocenters. The van der Waals surface area contributed by atoms with Crippen molar-refractivity contribution in [3.8, 4) is 0 Å². The van der Waals surface area contributed by atoms with Crippen LogP contribution in [0, 0.1) is 0 Å². The molecule has 9 heteroatoms. The zero-order valence-electron chi connectivity index (χ0n) is 13.9. The Morgan fingerprint density at radius 3 is 2.73 bits per heavy atom. The summed E-state index contributed by atoms with van der Waals surface area (Å²) in [7, 11) is 1.56. The summed E-state index contributed by atoms with van der Waals surface area (Å²) in [6.07, 6.45) is -2.59. The van der Waals surface area contributed by atoms with Gasteiger partial charge in [0, 0.05) is 37.0 Å².